The van der Waals surface area contributed by atoms with Crippen LogP contribution in [0.2, 0.25) is 0 Å². The van der Waals surface area contributed by atoms with Gasteiger partial charge in [0.2, 0.25) is 15.9 Å². The van der Waals surface area contributed by atoms with Crippen LogP contribution in [0.3, 0.4) is 0 Å². The van der Waals surface area contributed by atoms with Gasteiger partial charge < -0.3 is 5.32 Å². The van der Waals surface area contributed by atoms with Gasteiger partial charge in [0.15, 0.2) is 0 Å². The van der Waals surface area contributed by atoms with E-state index in [9.17, 15) is 13.2 Å². The normalized spacial score (nSPS) is 12.5. The number of hydrogen-bond acceptors (Lipinski definition) is 5. The number of hydrogen-bond donors (Lipinski definition) is 1. The van der Waals surface area contributed by atoms with Gasteiger partial charge in [0.25, 0.3) is 0 Å². The molecule has 0 fully saturated rings. The van der Waals surface area contributed by atoms with E-state index in [0.717, 1.165) is 4.31 Å². The van der Waals surface area contributed by atoms with E-state index < -0.39 is 10.0 Å². The average Bonchev–Trinajstić information content (AvgIpc) is 2.34. The summed E-state index contributed by atoms with van der Waals surface area (Å²) in [5.74, 6) is 0.156. The van der Waals surface area contributed by atoms with Crippen molar-refractivity contribution in [3.8, 4) is 0 Å². The van der Waals surface area contributed by atoms with Crippen LogP contribution >= 0.6 is 11.8 Å². The summed E-state index contributed by atoms with van der Waals surface area (Å²) in [6, 6.07) is 3.09. The summed E-state index contributed by atoms with van der Waals surface area (Å²) < 4.78 is 24.9. The van der Waals surface area contributed by atoms with Crippen LogP contribution in [0, 0.1) is 0 Å². The van der Waals surface area contributed by atoms with Gasteiger partial charge in [-0.15, -0.1) is 0 Å². The fourth-order valence-electron chi connectivity index (χ4n) is 1.41. The van der Waals surface area contributed by atoms with E-state index >= 15 is 0 Å². The topological polar surface area (TPSA) is 79.4 Å². The zero-order valence-electron chi connectivity index (χ0n) is 12.9. The summed E-state index contributed by atoms with van der Waals surface area (Å²) >= 11 is 1.27. The SMILES string of the molecule is CN(C)S(=O)(=O)c1ccc(SCC(=O)NC(C)(C)C)nc1. The molecule has 0 aromatic carbocycles. The third-order valence-electron chi connectivity index (χ3n) is 2.35. The highest BCUT2D eigenvalue weighted by molar-refractivity contribution is 7.99. The van der Waals surface area contributed by atoms with Crippen molar-refractivity contribution in [2.24, 2.45) is 0 Å². The van der Waals surface area contributed by atoms with Crippen LogP contribution in [0.15, 0.2) is 28.3 Å². The van der Waals surface area contributed by atoms with Crippen molar-refractivity contribution in [2.75, 3.05) is 19.8 Å². The minimum atomic E-state index is -3.47. The lowest BCUT2D eigenvalue weighted by Gasteiger charge is -2.20. The van der Waals surface area contributed by atoms with E-state index in [0.29, 0.717) is 5.03 Å². The third-order valence-corrected chi connectivity index (χ3v) is 5.10. The number of thioether (sulfide) groups is 1. The molecule has 1 aromatic heterocycles. The molecule has 6 nitrogen and oxygen atoms in total. The first kappa shape index (κ1) is 17.9. The van der Waals surface area contributed by atoms with Crippen LogP contribution in [0.25, 0.3) is 0 Å². The molecule has 8 heteroatoms. The Bertz CT molecular complexity index is 590. The van der Waals surface area contributed by atoms with Crippen molar-refractivity contribution in [3.05, 3.63) is 18.3 Å². The number of nitrogens with one attached hydrogen (secondary N) is 1. The van der Waals surface area contributed by atoms with Crippen molar-refractivity contribution in [1.82, 2.24) is 14.6 Å². The maximum absolute atomic E-state index is 11.9. The largest absolute Gasteiger partial charge is 0.351 e. The molecule has 0 aliphatic heterocycles. The lowest BCUT2D eigenvalue weighted by molar-refractivity contribution is -0.119. The maximum Gasteiger partial charge on any atom is 0.244 e. The predicted octanol–water partition coefficient (Wildman–Crippen LogP) is 1.34. The Balaban J connectivity index is 2.66. The molecule has 0 spiro atoms. The number of carbonyl (C=O) groups excluding carboxylic acids is 1. The van der Waals surface area contributed by atoms with Crippen LogP contribution in [0.5, 0.6) is 0 Å². The van der Waals surface area contributed by atoms with Crippen LogP contribution in [-0.2, 0) is 14.8 Å². The molecule has 1 aromatic rings. The quantitative estimate of drug-likeness (QED) is 0.824. The zero-order chi connectivity index (χ0) is 16.3. The number of carbonyl (C=O) groups is 1. The molecular weight excluding hydrogens is 310 g/mol. The highest BCUT2D eigenvalue weighted by Gasteiger charge is 2.18. The van der Waals surface area contributed by atoms with Gasteiger partial charge in [-0.25, -0.2) is 17.7 Å². The van der Waals surface area contributed by atoms with Crippen LogP contribution in [0.4, 0.5) is 0 Å². The van der Waals surface area contributed by atoms with Crippen LogP contribution in [-0.4, -0.2) is 49.0 Å². The van der Waals surface area contributed by atoms with E-state index in [2.05, 4.69) is 10.3 Å². The molecule has 118 valence electrons. The Morgan fingerprint density at radius 2 is 1.95 bits per heavy atom. The summed E-state index contributed by atoms with van der Waals surface area (Å²) in [6.45, 7) is 5.73. The molecule has 1 heterocycles. The van der Waals surface area contributed by atoms with Crippen molar-refractivity contribution in [2.45, 2.75) is 36.2 Å². The van der Waals surface area contributed by atoms with E-state index in [1.165, 1.54) is 38.1 Å². The first-order valence-corrected chi connectivity index (χ1v) is 8.77. The summed E-state index contributed by atoms with van der Waals surface area (Å²) in [6.07, 6.45) is 1.30. The third kappa shape index (κ3) is 5.64. The molecule has 0 saturated carbocycles. The van der Waals surface area contributed by atoms with E-state index in [1.54, 1.807) is 6.07 Å². The Hall–Kier alpha value is -1.12. The van der Waals surface area contributed by atoms with Gasteiger partial charge in [-0.3, -0.25) is 4.79 Å². The van der Waals surface area contributed by atoms with Gasteiger partial charge in [0.05, 0.1) is 10.8 Å². The van der Waals surface area contributed by atoms with E-state index in [1.807, 2.05) is 20.8 Å². The fourth-order valence-corrected chi connectivity index (χ4v) is 2.90. The maximum atomic E-state index is 11.9. The van der Waals surface area contributed by atoms with Crippen molar-refractivity contribution < 1.29 is 13.2 Å². The second-order valence-electron chi connectivity index (χ2n) is 5.71. The van der Waals surface area contributed by atoms with E-state index in [4.69, 9.17) is 0 Å². The van der Waals surface area contributed by atoms with Gasteiger partial charge in [-0.2, -0.15) is 0 Å². The molecule has 1 rings (SSSR count). The molecule has 0 aliphatic carbocycles. The molecule has 0 bridgehead atoms. The highest BCUT2D eigenvalue weighted by atomic mass is 32.2. The molecular formula is C13H21N3O3S2. The summed E-state index contributed by atoms with van der Waals surface area (Å²) in [5, 5.41) is 3.46. The second-order valence-corrected chi connectivity index (χ2v) is 8.85. The van der Waals surface area contributed by atoms with Crippen LogP contribution in [0.1, 0.15) is 20.8 Å². The molecule has 0 radical (unpaired) electrons. The number of aromatic nitrogens is 1. The summed E-state index contributed by atoms with van der Waals surface area (Å²) in [4.78, 5) is 15.9. The van der Waals surface area contributed by atoms with Crippen LogP contribution < -0.4 is 5.32 Å². The van der Waals surface area contributed by atoms with Gasteiger partial charge in [-0.05, 0) is 32.9 Å². The van der Waals surface area contributed by atoms with Crippen molar-refractivity contribution in [3.63, 3.8) is 0 Å². The summed E-state index contributed by atoms with van der Waals surface area (Å²) in [5.41, 5.74) is -0.269. The minimum absolute atomic E-state index is 0.0840. The monoisotopic (exact) mass is 331 g/mol. The number of sulfonamides is 1. The zero-order valence-corrected chi connectivity index (χ0v) is 14.5. The van der Waals surface area contributed by atoms with Gasteiger partial charge in [0.1, 0.15) is 4.90 Å². The average molecular weight is 331 g/mol. The lowest BCUT2D eigenvalue weighted by atomic mass is 10.1. The van der Waals surface area contributed by atoms with Gasteiger partial charge in [0, 0.05) is 25.8 Å². The Kier molecular flexibility index (Phi) is 5.77. The number of rotatable bonds is 5. The molecule has 21 heavy (non-hydrogen) atoms. The highest BCUT2D eigenvalue weighted by Crippen LogP contribution is 2.18. The fraction of sp³-hybridized carbons (Fsp3) is 0.538. The standard InChI is InChI=1S/C13H21N3O3S2/c1-13(2,3)15-11(17)9-20-12-7-6-10(8-14-12)21(18,19)16(4)5/h6-8H,9H2,1-5H3,(H,15,17). The summed E-state index contributed by atoms with van der Waals surface area (Å²) in [7, 11) is -0.532. The van der Waals surface area contributed by atoms with E-state index in [-0.39, 0.29) is 22.1 Å². The predicted molar refractivity (Wildman–Crippen MR) is 83.7 cm³/mol. The molecule has 1 amide bonds. The van der Waals surface area contributed by atoms with Gasteiger partial charge >= 0.3 is 0 Å². The molecule has 1 N–H and O–H groups in total. The lowest BCUT2D eigenvalue weighted by Crippen LogP contribution is -2.41. The Labute approximate surface area is 130 Å². The van der Waals surface area contributed by atoms with Gasteiger partial charge in [-0.1, -0.05) is 11.8 Å². The molecule has 0 unspecified atom stereocenters. The number of nitrogens with zero attached hydrogens (tertiary/aromatic N) is 2. The van der Waals surface area contributed by atoms with Crippen molar-refractivity contribution in [1.29, 1.82) is 0 Å². The Morgan fingerprint density at radius 1 is 1.33 bits per heavy atom. The Morgan fingerprint density at radius 3 is 2.38 bits per heavy atom. The molecule has 0 atom stereocenters. The number of pyridine rings is 1. The molecule has 0 aliphatic rings. The number of amides is 1. The van der Waals surface area contributed by atoms with Crippen molar-refractivity contribution >= 4 is 27.7 Å². The minimum Gasteiger partial charge on any atom is -0.351 e. The smallest absolute Gasteiger partial charge is 0.244 e. The first-order valence-electron chi connectivity index (χ1n) is 6.35. The molecule has 0 saturated heterocycles. The second kappa shape index (κ2) is 6.76. The first-order chi connectivity index (χ1) is 9.52.